The molecule has 0 saturated carbocycles. The summed E-state index contributed by atoms with van der Waals surface area (Å²) in [6, 6.07) is 25.7. The minimum Gasteiger partial charge on any atom is -0.489 e. The number of carbonyl (C=O) groups excluding carboxylic acids is 1. The minimum absolute atomic E-state index is 0.00555. The summed E-state index contributed by atoms with van der Waals surface area (Å²) in [6.07, 6.45) is 0.353. The van der Waals surface area contributed by atoms with Crippen LogP contribution in [0.3, 0.4) is 0 Å². The molecule has 0 radical (unpaired) electrons. The van der Waals surface area contributed by atoms with Crippen LogP contribution >= 0.6 is 11.6 Å². The Kier molecular flexibility index (Phi) is 6.01. The number of benzene rings is 3. The number of fused-ring (bicyclic) bond motifs is 1. The first-order chi connectivity index (χ1) is 14.2. The van der Waals surface area contributed by atoms with Crippen LogP contribution in [0.15, 0.2) is 78.9 Å². The standard InChI is InChI=1S/C24H23ClN2O2/c25-20-11-12-23-22(13-20)27(16-19-9-5-2-6-10-19)21(17-29-23)14-24(28)26-15-18-7-3-1-4-8-18/h1-13,21H,14-17H2,(H,26,28). The second kappa shape index (κ2) is 9.01. The van der Waals surface area contributed by atoms with Gasteiger partial charge in [-0.1, -0.05) is 72.3 Å². The van der Waals surface area contributed by atoms with E-state index >= 15 is 0 Å². The van der Waals surface area contributed by atoms with Gasteiger partial charge in [0.2, 0.25) is 5.91 Å². The number of carbonyl (C=O) groups is 1. The number of hydrogen-bond donors (Lipinski definition) is 1. The van der Waals surface area contributed by atoms with E-state index in [1.165, 1.54) is 5.56 Å². The summed E-state index contributed by atoms with van der Waals surface area (Å²) in [4.78, 5) is 14.9. The molecule has 1 N–H and O–H groups in total. The normalized spacial score (nSPS) is 15.3. The van der Waals surface area contributed by atoms with E-state index in [0.717, 1.165) is 17.0 Å². The van der Waals surface area contributed by atoms with Crippen LogP contribution in [0.1, 0.15) is 17.5 Å². The highest BCUT2D eigenvalue weighted by Crippen LogP contribution is 2.37. The van der Waals surface area contributed by atoms with E-state index in [0.29, 0.717) is 31.1 Å². The fourth-order valence-electron chi connectivity index (χ4n) is 3.56. The Morgan fingerprint density at radius 2 is 1.69 bits per heavy atom. The number of anilines is 1. The second-order valence-corrected chi connectivity index (χ2v) is 7.59. The zero-order valence-electron chi connectivity index (χ0n) is 16.1. The summed E-state index contributed by atoms with van der Waals surface area (Å²) >= 11 is 6.25. The van der Waals surface area contributed by atoms with E-state index < -0.39 is 0 Å². The SMILES string of the molecule is O=C(CC1COc2ccc(Cl)cc2N1Cc1ccccc1)NCc1ccccc1. The molecule has 1 aliphatic heterocycles. The number of halogens is 1. The van der Waals surface area contributed by atoms with Crippen molar-refractivity contribution in [3.63, 3.8) is 0 Å². The van der Waals surface area contributed by atoms with Crippen LogP contribution in [0, 0.1) is 0 Å². The third-order valence-electron chi connectivity index (χ3n) is 5.05. The van der Waals surface area contributed by atoms with E-state index in [1.807, 2.05) is 66.7 Å². The van der Waals surface area contributed by atoms with Crippen molar-refractivity contribution in [3.05, 3.63) is 95.0 Å². The maximum Gasteiger partial charge on any atom is 0.222 e. The van der Waals surface area contributed by atoms with Crippen molar-refractivity contribution in [2.24, 2.45) is 0 Å². The van der Waals surface area contributed by atoms with Crippen molar-refractivity contribution in [3.8, 4) is 5.75 Å². The van der Waals surface area contributed by atoms with Gasteiger partial charge in [0.25, 0.3) is 0 Å². The lowest BCUT2D eigenvalue weighted by atomic mass is 10.1. The lowest BCUT2D eigenvalue weighted by Gasteiger charge is -2.38. The zero-order chi connectivity index (χ0) is 20.1. The molecule has 0 aliphatic carbocycles. The Morgan fingerprint density at radius 3 is 2.41 bits per heavy atom. The van der Waals surface area contributed by atoms with Crippen LogP contribution in [0.25, 0.3) is 0 Å². The van der Waals surface area contributed by atoms with E-state index in [2.05, 4.69) is 22.3 Å². The predicted octanol–water partition coefficient (Wildman–Crippen LogP) is 4.81. The fraction of sp³-hybridized carbons (Fsp3) is 0.208. The van der Waals surface area contributed by atoms with E-state index in [9.17, 15) is 4.79 Å². The number of amides is 1. The minimum atomic E-state index is -0.0723. The van der Waals surface area contributed by atoms with Crippen LogP contribution in [0.5, 0.6) is 5.75 Å². The van der Waals surface area contributed by atoms with Gasteiger partial charge in [-0.25, -0.2) is 0 Å². The molecule has 5 heteroatoms. The molecular weight excluding hydrogens is 384 g/mol. The highest BCUT2D eigenvalue weighted by atomic mass is 35.5. The van der Waals surface area contributed by atoms with E-state index in [4.69, 9.17) is 16.3 Å². The third-order valence-corrected chi connectivity index (χ3v) is 5.29. The number of nitrogens with zero attached hydrogens (tertiary/aromatic N) is 1. The highest BCUT2D eigenvalue weighted by Gasteiger charge is 2.29. The van der Waals surface area contributed by atoms with Gasteiger partial charge in [-0.15, -0.1) is 0 Å². The third kappa shape index (κ3) is 4.90. The van der Waals surface area contributed by atoms with Crippen molar-refractivity contribution in [2.45, 2.75) is 25.6 Å². The van der Waals surface area contributed by atoms with Crippen LogP contribution in [0.2, 0.25) is 5.02 Å². The van der Waals surface area contributed by atoms with E-state index in [-0.39, 0.29) is 11.9 Å². The summed E-state index contributed by atoms with van der Waals surface area (Å²) in [5.41, 5.74) is 3.18. The molecule has 0 aromatic heterocycles. The Balaban J connectivity index is 1.50. The topological polar surface area (TPSA) is 41.6 Å². The first kappa shape index (κ1) is 19.3. The number of ether oxygens (including phenoxy) is 1. The first-order valence-electron chi connectivity index (χ1n) is 9.72. The summed E-state index contributed by atoms with van der Waals surface area (Å²) in [6.45, 7) is 1.67. The summed E-state index contributed by atoms with van der Waals surface area (Å²) < 4.78 is 5.94. The molecule has 1 heterocycles. The second-order valence-electron chi connectivity index (χ2n) is 7.16. The molecule has 0 bridgehead atoms. The fourth-order valence-corrected chi connectivity index (χ4v) is 3.72. The Morgan fingerprint density at radius 1 is 1.00 bits per heavy atom. The van der Waals surface area contributed by atoms with Gasteiger partial charge in [-0.2, -0.15) is 0 Å². The zero-order valence-corrected chi connectivity index (χ0v) is 16.8. The molecule has 1 amide bonds. The van der Waals surface area contributed by atoms with Crippen LogP contribution < -0.4 is 15.0 Å². The summed E-state index contributed by atoms with van der Waals surface area (Å²) in [5, 5.41) is 3.67. The van der Waals surface area contributed by atoms with E-state index in [1.54, 1.807) is 0 Å². The molecule has 1 atom stereocenters. The Hall–Kier alpha value is -2.98. The number of nitrogens with one attached hydrogen (secondary N) is 1. The van der Waals surface area contributed by atoms with Crippen LogP contribution in [-0.4, -0.2) is 18.6 Å². The van der Waals surface area contributed by atoms with Gasteiger partial charge in [-0.05, 0) is 29.3 Å². The highest BCUT2D eigenvalue weighted by molar-refractivity contribution is 6.31. The van der Waals surface area contributed by atoms with Gasteiger partial charge in [0.05, 0.1) is 18.2 Å². The molecule has 3 aromatic carbocycles. The molecule has 1 unspecified atom stereocenters. The maximum atomic E-state index is 12.6. The average molecular weight is 407 g/mol. The van der Waals surface area contributed by atoms with Gasteiger partial charge >= 0.3 is 0 Å². The maximum absolute atomic E-state index is 12.6. The molecule has 148 valence electrons. The summed E-state index contributed by atoms with van der Waals surface area (Å²) in [5.74, 6) is 0.803. The van der Waals surface area contributed by atoms with Crippen molar-refractivity contribution in [1.82, 2.24) is 5.32 Å². The monoisotopic (exact) mass is 406 g/mol. The van der Waals surface area contributed by atoms with Gasteiger partial charge in [0.15, 0.2) is 0 Å². The quantitative estimate of drug-likeness (QED) is 0.638. The predicted molar refractivity (Wildman–Crippen MR) is 116 cm³/mol. The van der Waals surface area contributed by atoms with Gasteiger partial charge in [0.1, 0.15) is 12.4 Å². The van der Waals surface area contributed by atoms with Crippen LogP contribution in [-0.2, 0) is 17.9 Å². The Labute approximate surface area is 176 Å². The molecule has 4 nitrogen and oxygen atoms in total. The number of rotatable bonds is 6. The van der Waals surface area contributed by atoms with Crippen molar-refractivity contribution < 1.29 is 9.53 Å². The van der Waals surface area contributed by atoms with Crippen LogP contribution in [0.4, 0.5) is 5.69 Å². The smallest absolute Gasteiger partial charge is 0.222 e. The molecule has 0 saturated heterocycles. The first-order valence-corrected chi connectivity index (χ1v) is 10.1. The molecule has 0 spiro atoms. The van der Waals surface area contributed by atoms with Crippen molar-refractivity contribution in [2.75, 3.05) is 11.5 Å². The molecular formula is C24H23ClN2O2. The average Bonchev–Trinajstić information content (AvgIpc) is 2.75. The van der Waals surface area contributed by atoms with Gasteiger partial charge in [-0.3, -0.25) is 4.79 Å². The molecule has 29 heavy (non-hydrogen) atoms. The molecule has 0 fully saturated rings. The molecule has 1 aliphatic rings. The lowest BCUT2D eigenvalue weighted by Crippen LogP contribution is -2.45. The largest absolute Gasteiger partial charge is 0.489 e. The number of hydrogen-bond acceptors (Lipinski definition) is 3. The lowest BCUT2D eigenvalue weighted by molar-refractivity contribution is -0.121. The molecule has 3 aromatic rings. The Bertz CT molecular complexity index is 963. The van der Waals surface area contributed by atoms with Gasteiger partial charge in [0, 0.05) is 18.1 Å². The molecule has 4 rings (SSSR count). The summed E-state index contributed by atoms with van der Waals surface area (Å²) in [7, 11) is 0. The van der Waals surface area contributed by atoms with Crippen molar-refractivity contribution >= 4 is 23.2 Å². The van der Waals surface area contributed by atoms with Gasteiger partial charge < -0.3 is 15.0 Å². The van der Waals surface area contributed by atoms with Crippen molar-refractivity contribution in [1.29, 1.82) is 0 Å².